The number of aryl methyl sites for hydroxylation is 2. The molecule has 0 aliphatic carbocycles. The number of ether oxygens (including phenoxy) is 3. The van der Waals surface area contributed by atoms with Crippen LogP contribution in [0.5, 0.6) is 11.5 Å². The fraction of sp³-hybridized carbons (Fsp3) is 0.360. The molecule has 2 aromatic carbocycles. The molecule has 1 fully saturated rings. The van der Waals surface area contributed by atoms with Crippen LogP contribution in [0.4, 0.5) is 5.69 Å². The van der Waals surface area contributed by atoms with E-state index in [1.54, 1.807) is 0 Å². The smallest absolute Gasteiger partial charge is 0.228 e. The van der Waals surface area contributed by atoms with Crippen molar-refractivity contribution in [1.82, 2.24) is 5.16 Å². The second kappa shape index (κ2) is 10.3. The van der Waals surface area contributed by atoms with Gasteiger partial charge in [-0.3, -0.25) is 4.79 Å². The Hall–Kier alpha value is -3.32. The van der Waals surface area contributed by atoms with Crippen molar-refractivity contribution >= 4 is 11.6 Å². The van der Waals surface area contributed by atoms with Crippen LogP contribution < -0.4 is 14.8 Å². The Morgan fingerprint density at radius 3 is 2.69 bits per heavy atom. The van der Waals surface area contributed by atoms with Gasteiger partial charge in [-0.1, -0.05) is 23.4 Å². The number of amides is 1. The summed E-state index contributed by atoms with van der Waals surface area (Å²) in [6.45, 7) is 5.49. The second-order valence-electron chi connectivity index (χ2n) is 7.93. The van der Waals surface area contributed by atoms with Gasteiger partial charge in [-0.05, 0) is 56.5 Å². The van der Waals surface area contributed by atoms with Crippen LogP contribution in [0.15, 0.2) is 53.1 Å². The Kier molecular flexibility index (Phi) is 7.07. The van der Waals surface area contributed by atoms with Crippen LogP contribution in [0.1, 0.15) is 35.4 Å². The number of rotatable bonds is 9. The minimum absolute atomic E-state index is 0.0920. The Balaban J connectivity index is 1.26. The zero-order valence-electron chi connectivity index (χ0n) is 18.4. The first-order valence-corrected chi connectivity index (χ1v) is 10.8. The van der Waals surface area contributed by atoms with Gasteiger partial charge in [0, 0.05) is 18.4 Å². The lowest BCUT2D eigenvalue weighted by molar-refractivity contribution is -0.115. The molecule has 0 bridgehead atoms. The summed E-state index contributed by atoms with van der Waals surface area (Å²) in [4.78, 5) is 12.5. The molecule has 1 aliphatic rings. The zero-order chi connectivity index (χ0) is 22.3. The number of nitrogens with one attached hydrogen (secondary N) is 1. The molecular weight excluding hydrogens is 408 g/mol. The SMILES string of the molecule is Cc1noc(C)c1COc1ccc(CC(=O)Nc2cccc(OC[C@@H]3CCCO3)c2)cc1. The highest BCUT2D eigenvalue weighted by Gasteiger charge is 2.16. The average molecular weight is 437 g/mol. The van der Waals surface area contributed by atoms with Gasteiger partial charge >= 0.3 is 0 Å². The largest absolute Gasteiger partial charge is 0.491 e. The molecule has 1 atom stereocenters. The molecule has 1 aromatic heterocycles. The summed E-state index contributed by atoms with van der Waals surface area (Å²) < 4.78 is 22.4. The van der Waals surface area contributed by atoms with E-state index in [0.29, 0.717) is 18.9 Å². The van der Waals surface area contributed by atoms with Gasteiger partial charge in [0.05, 0.1) is 23.8 Å². The maximum absolute atomic E-state index is 12.5. The number of nitrogens with zero attached hydrogens (tertiary/aromatic N) is 1. The van der Waals surface area contributed by atoms with Crippen molar-refractivity contribution in [3.63, 3.8) is 0 Å². The molecule has 0 radical (unpaired) electrons. The van der Waals surface area contributed by atoms with Crippen molar-refractivity contribution in [2.75, 3.05) is 18.5 Å². The van der Waals surface area contributed by atoms with Crippen LogP contribution in [0, 0.1) is 13.8 Å². The number of hydrogen-bond donors (Lipinski definition) is 1. The van der Waals surface area contributed by atoms with E-state index in [1.165, 1.54) is 0 Å². The first-order valence-electron chi connectivity index (χ1n) is 10.8. The van der Waals surface area contributed by atoms with Crippen LogP contribution in [-0.2, 0) is 22.6 Å². The fourth-order valence-corrected chi connectivity index (χ4v) is 3.59. The molecule has 32 heavy (non-hydrogen) atoms. The van der Waals surface area contributed by atoms with Crippen molar-refractivity contribution in [2.24, 2.45) is 0 Å². The van der Waals surface area contributed by atoms with E-state index in [1.807, 2.05) is 62.4 Å². The molecule has 7 nitrogen and oxygen atoms in total. The first kappa shape index (κ1) is 21.9. The molecule has 0 saturated carbocycles. The van der Waals surface area contributed by atoms with Crippen LogP contribution in [0.2, 0.25) is 0 Å². The van der Waals surface area contributed by atoms with Gasteiger partial charge < -0.3 is 24.1 Å². The lowest BCUT2D eigenvalue weighted by Gasteiger charge is -2.12. The molecule has 2 heterocycles. The van der Waals surface area contributed by atoms with Crippen molar-refractivity contribution in [1.29, 1.82) is 0 Å². The van der Waals surface area contributed by atoms with E-state index < -0.39 is 0 Å². The van der Waals surface area contributed by atoms with Crippen molar-refractivity contribution < 1.29 is 23.5 Å². The molecule has 1 amide bonds. The number of benzene rings is 2. The first-order chi connectivity index (χ1) is 15.6. The molecular formula is C25H28N2O5. The number of aromatic nitrogens is 1. The minimum Gasteiger partial charge on any atom is -0.491 e. The Labute approximate surface area is 187 Å². The molecule has 0 unspecified atom stereocenters. The Bertz CT molecular complexity index is 1020. The van der Waals surface area contributed by atoms with Gasteiger partial charge in [0.15, 0.2) is 0 Å². The van der Waals surface area contributed by atoms with Crippen LogP contribution in [-0.4, -0.2) is 30.4 Å². The number of anilines is 1. The van der Waals surface area contributed by atoms with E-state index in [2.05, 4.69) is 10.5 Å². The lowest BCUT2D eigenvalue weighted by Crippen LogP contribution is -2.17. The van der Waals surface area contributed by atoms with E-state index in [4.69, 9.17) is 18.7 Å². The summed E-state index contributed by atoms with van der Waals surface area (Å²) in [5.41, 5.74) is 3.39. The van der Waals surface area contributed by atoms with E-state index >= 15 is 0 Å². The molecule has 1 aliphatic heterocycles. The summed E-state index contributed by atoms with van der Waals surface area (Å²) >= 11 is 0. The van der Waals surface area contributed by atoms with Gasteiger partial charge in [-0.2, -0.15) is 0 Å². The minimum atomic E-state index is -0.0920. The van der Waals surface area contributed by atoms with Gasteiger partial charge in [0.1, 0.15) is 30.5 Å². The highest BCUT2D eigenvalue weighted by molar-refractivity contribution is 5.92. The molecule has 0 spiro atoms. The standard InChI is InChI=1S/C25H28N2O5/c1-17-24(18(2)32-27-17)16-31-21-10-8-19(9-11-21)13-25(28)26-20-5-3-6-22(14-20)30-15-23-7-4-12-29-23/h3,5-6,8-11,14,23H,4,7,12-13,15-16H2,1-2H3,(H,26,28)/t23-/m0/s1. The van der Waals surface area contributed by atoms with Gasteiger partial charge in [0.2, 0.25) is 5.91 Å². The Morgan fingerprint density at radius 1 is 1.12 bits per heavy atom. The molecule has 168 valence electrons. The number of carbonyl (C=O) groups is 1. The normalized spacial score (nSPS) is 15.5. The van der Waals surface area contributed by atoms with Crippen LogP contribution >= 0.6 is 0 Å². The maximum atomic E-state index is 12.5. The monoisotopic (exact) mass is 436 g/mol. The van der Waals surface area contributed by atoms with Gasteiger partial charge in [-0.25, -0.2) is 0 Å². The molecule has 1 saturated heterocycles. The number of hydrogen-bond acceptors (Lipinski definition) is 6. The van der Waals surface area contributed by atoms with Crippen molar-refractivity contribution in [3.05, 3.63) is 71.1 Å². The van der Waals surface area contributed by atoms with Crippen molar-refractivity contribution in [3.8, 4) is 11.5 Å². The molecule has 3 aromatic rings. The van der Waals surface area contributed by atoms with E-state index in [0.717, 1.165) is 53.5 Å². The summed E-state index contributed by atoms with van der Waals surface area (Å²) in [7, 11) is 0. The average Bonchev–Trinajstić information content (AvgIpc) is 3.42. The quantitative estimate of drug-likeness (QED) is 0.527. The maximum Gasteiger partial charge on any atom is 0.228 e. The summed E-state index contributed by atoms with van der Waals surface area (Å²) in [5.74, 6) is 2.12. The summed E-state index contributed by atoms with van der Waals surface area (Å²) in [6.07, 6.45) is 2.54. The summed E-state index contributed by atoms with van der Waals surface area (Å²) in [6, 6.07) is 14.9. The van der Waals surface area contributed by atoms with Gasteiger partial charge in [0.25, 0.3) is 0 Å². The third kappa shape index (κ3) is 5.88. The van der Waals surface area contributed by atoms with Crippen LogP contribution in [0.3, 0.4) is 0 Å². The predicted octanol–water partition coefficient (Wildman–Crippen LogP) is 4.61. The van der Waals surface area contributed by atoms with Crippen LogP contribution in [0.25, 0.3) is 0 Å². The summed E-state index contributed by atoms with van der Waals surface area (Å²) in [5, 5.41) is 6.86. The lowest BCUT2D eigenvalue weighted by atomic mass is 10.1. The predicted molar refractivity (Wildman–Crippen MR) is 120 cm³/mol. The third-order valence-corrected chi connectivity index (χ3v) is 5.43. The van der Waals surface area contributed by atoms with Gasteiger partial charge in [-0.15, -0.1) is 0 Å². The molecule has 7 heteroatoms. The molecule has 4 rings (SSSR count). The van der Waals surface area contributed by atoms with E-state index in [-0.39, 0.29) is 18.4 Å². The van der Waals surface area contributed by atoms with E-state index in [9.17, 15) is 4.79 Å². The second-order valence-corrected chi connectivity index (χ2v) is 7.93. The fourth-order valence-electron chi connectivity index (χ4n) is 3.59. The topological polar surface area (TPSA) is 82.8 Å². The molecule has 1 N–H and O–H groups in total. The highest BCUT2D eigenvalue weighted by Crippen LogP contribution is 2.21. The Morgan fingerprint density at radius 2 is 1.97 bits per heavy atom. The van der Waals surface area contributed by atoms with Crippen molar-refractivity contribution in [2.45, 2.75) is 45.8 Å². The third-order valence-electron chi connectivity index (χ3n) is 5.43. The number of carbonyl (C=O) groups excluding carboxylic acids is 1. The highest BCUT2D eigenvalue weighted by atomic mass is 16.5. The zero-order valence-corrected chi connectivity index (χ0v) is 18.4.